The Morgan fingerprint density at radius 3 is 3.10 bits per heavy atom. The summed E-state index contributed by atoms with van der Waals surface area (Å²) in [6, 6.07) is 9.46. The Balaban J connectivity index is 1.65. The van der Waals surface area contributed by atoms with Crippen molar-refractivity contribution in [2.24, 2.45) is 0 Å². The second-order valence-corrected chi connectivity index (χ2v) is 6.08. The van der Waals surface area contributed by atoms with Gasteiger partial charge in [0.15, 0.2) is 0 Å². The van der Waals surface area contributed by atoms with Crippen LogP contribution in [0.15, 0.2) is 24.3 Å². The van der Waals surface area contributed by atoms with Gasteiger partial charge in [-0.1, -0.05) is 24.3 Å². The molecular weight excluding hydrogens is 248 g/mol. The monoisotopic (exact) mass is 274 g/mol. The maximum absolute atomic E-state index is 6.04. The van der Waals surface area contributed by atoms with Crippen molar-refractivity contribution in [1.29, 1.82) is 0 Å². The standard InChI is InChI=1S/C17H26N2O/c1-19(15-6-4-10-18-11-8-15)13-17-16-7-3-2-5-14(16)9-12-20-17/h2-3,5,7,15,17-18H,4,6,8-13H2,1H3. The zero-order chi connectivity index (χ0) is 13.8. The van der Waals surface area contributed by atoms with Gasteiger partial charge < -0.3 is 15.0 Å². The smallest absolute Gasteiger partial charge is 0.0954 e. The van der Waals surface area contributed by atoms with E-state index in [2.05, 4.69) is 41.5 Å². The molecule has 2 heterocycles. The Labute approximate surface area is 122 Å². The number of nitrogens with one attached hydrogen (secondary N) is 1. The van der Waals surface area contributed by atoms with Crippen LogP contribution in [0.1, 0.15) is 36.5 Å². The molecule has 0 radical (unpaired) electrons. The summed E-state index contributed by atoms with van der Waals surface area (Å²) in [5.41, 5.74) is 2.87. The largest absolute Gasteiger partial charge is 0.372 e. The van der Waals surface area contributed by atoms with Gasteiger partial charge in [0.05, 0.1) is 12.7 Å². The summed E-state index contributed by atoms with van der Waals surface area (Å²) in [5.74, 6) is 0. The fourth-order valence-corrected chi connectivity index (χ4v) is 3.48. The van der Waals surface area contributed by atoms with Gasteiger partial charge in [0.25, 0.3) is 0 Å². The van der Waals surface area contributed by atoms with Crippen molar-refractivity contribution in [1.82, 2.24) is 10.2 Å². The first-order valence-corrected chi connectivity index (χ1v) is 7.95. The molecule has 2 unspecified atom stereocenters. The lowest BCUT2D eigenvalue weighted by Crippen LogP contribution is -2.37. The van der Waals surface area contributed by atoms with Gasteiger partial charge in [-0.2, -0.15) is 0 Å². The van der Waals surface area contributed by atoms with Gasteiger partial charge in [-0.05, 0) is 56.9 Å². The van der Waals surface area contributed by atoms with Gasteiger partial charge in [-0.3, -0.25) is 0 Å². The number of likely N-dealkylation sites (N-methyl/N-ethyl adjacent to an activating group) is 1. The Kier molecular flexibility index (Phi) is 4.71. The highest BCUT2D eigenvalue weighted by molar-refractivity contribution is 5.31. The first kappa shape index (κ1) is 14.1. The van der Waals surface area contributed by atoms with Gasteiger partial charge in [0.1, 0.15) is 0 Å². The summed E-state index contributed by atoms with van der Waals surface area (Å²) in [5, 5.41) is 3.49. The highest BCUT2D eigenvalue weighted by Crippen LogP contribution is 2.28. The van der Waals surface area contributed by atoms with Crippen molar-refractivity contribution in [2.75, 3.05) is 33.3 Å². The minimum Gasteiger partial charge on any atom is -0.372 e. The molecule has 3 rings (SSSR count). The van der Waals surface area contributed by atoms with Crippen LogP contribution < -0.4 is 5.32 Å². The number of benzene rings is 1. The summed E-state index contributed by atoms with van der Waals surface area (Å²) in [6.07, 6.45) is 5.16. The fraction of sp³-hybridized carbons (Fsp3) is 0.647. The number of rotatable bonds is 3. The molecule has 0 spiro atoms. The molecule has 3 heteroatoms. The van der Waals surface area contributed by atoms with Crippen LogP contribution >= 0.6 is 0 Å². The van der Waals surface area contributed by atoms with Crippen LogP contribution in [0, 0.1) is 0 Å². The van der Waals surface area contributed by atoms with E-state index >= 15 is 0 Å². The summed E-state index contributed by atoms with van der Waals surface area (Å²) in [6.45, 7) is 4.20. The zero-order valence-corrected chi connectivity index (χ0v) is 12.5. The minimum atomic E-state index is 0.251. The maximum Gasteiger partial charge on any atom is 0.0954 e. The lowest BCUT2D eigenvalue weighted by atomic mass is 9.96. The molecule has 2 aliphatic rings. The van der Waals surface area contributed by atoms with Crippen molar-refractivity contribution in [3.63, 3.8) is 0 Å². The molecule has 0 bridgehead atoms. The predicted octanol–water partition coefficient (Wildman–Crippen LogP) is 2.37. The summed E-state index contributed by atoms with van der Waals surface area (Å²) in [7, 11) is 2.26. The third-order valence-corrected chi connectivity index (χ3v) is 4.71. The van der Waals surface area contributed by atoms with E-state index in [-0.39, 0.29) is 6.10 Å². The molecule has 1 saturated heterocycles. The lowest BCUT2D eigenvalue weighted by molar-refractivity contribution is 0.0116. The van der Waals surface area contributed by atoms with E-state index in [1.165, 1.54) is 36.9 Å². The number of nitrogens with zero attached hydrogens (tertiary/aromatic N) is 1. The van der Waals surface area contributed by atoms with Gasteiger partial charge in [0, 0.05) is 12.6 Å². The van der Waals surface area contributed by atoms with Crippen molar-refractivity contribution < 1.29 is 4.74 Å². The zero-order valence-electron chi connectivity index (χ0n) is 12.5. The number of fused-ring (bicyclic) bond motifs is 1. The quantitative estimate of drug-likeness (QED) is 0.916. The van der Waals surface area contributed by atoms with Crippen LogP contribution in [-0.4, -0.2) is 44.2 Å². The second-order valence-electron chi connectivity index (χ2n) is 6.08. The molecule has 0 aromatic heterocycles. The topological polar surface area (TPSA) is 24.5 Å². The molecule has 0 saturated carbocycles. The molecule has 1 N–H and O–H groups in total. The molecule has 110 valence electrons. The SMILES string of the molecule is CN(CC1OCCc2ccccc21)C1CCCNCC1. The summed E-state index contributed by atoms with van der Waals surface area (Å²) in [4.78, 5) is 2.51. The highest BCUT2D eigenvalue weighted by atomic mass is 16.5. The van der Waals surface area contributed by atoms with Crippen LogP contribution in [0.2, 0.25) is 0 Å². The molecule has 20 heavy (non-hydrogen) atoms. The molecule has 2 atom stereocenters. The molecule has 1 fully saturated rings. The Morgan fingerprint density at radius 1 is 1.25 bits per heavy atom. The van der Waals surface area contributed by atoms with E-state index < -0.39 is 0 Å². The van der Waals surface area contributed by atoms with Gasteiger partial charge in [-0.15, -0.1) is 0 Å². The third kappa shape index (κ3) is 3.22. The lowest BCUT2D eigenvalue weighted by Gasteiger charge is -2.33. The van der Waals surface area contributed by atoms with Crippen molar-refractivity contribution in [2.45, 2.75) is 37.8 Å². The van der Waals surface area contributed by atoms with Crippen LogP contribution in [-0.2, 0) is 11.2 Å². The van der Waals surface area contributed by atoms with Crippen molar-refractivity contribution in [3.05, 3.63) is 35.4 Å². The molecule has 1 aromatic carbocycles. The average molecular weight is 274 g/mol. The normalized spacial score (nSPS) is 27.1. The van der Waals surface area contributed by atoms with Crippen molar-refractivity contribution >= 4 is 0 Å². The number of hydrogen-bond acceptors (Lipinski definition) is 3. The van der Waals surface area contributed by atoms with Gasteiger partial charge in [0.2, 0.25) is 0 Å². The fourth-order valence-electron chi connectivity index (χ4n) is 3.48. The predicted molar refractivity (Wildman–Crippen MR) is 82.0 cm³/mol. The molecule has 0 aliphatic carbocycles. The van der Waals surface area contributed by atoms with Gasteiger partial charge >= 0.3 is 0 Å². The van der Waals surface area contributed by atoms with Gasteiger partial charge in [-0.25, -0.2) is 0 Å². The third-order valence-electron chi connectivity index (χ3n) is 4.71. The minimum absolute atomic E-state index is 0.251. The summed E-state index contributed by atoms with van der Waals surface area (Å²) >= 11 is 0. The average Bonchev–Trinajstić information content (AvgIpc) is 2.77. The van der Waals surface area contributed by atoms with Crippen molar-refractivity contribution in [3.8, 4) is 0 Å². The number of hydrogen-bond donors (Lipinski definition) is 1. The van der Waals surface area contributed by atoms with Crippen LogP contribution in [0.5, 0.6) is 0 Å². The number of ether oxygens (including phenoxy) is 1. The van der Waals surface area contributed by atoms with E-state index in [0.29, 0.717) is 6.04 Å². The van der Waals surface area contributed by atoms with E-state index in [9.17, 15) is 0 Å². The molecule has 0 amide bonds. The van der Waals surface area contributed by atoms with Crippen LogP contribution in [0.3, 0.4) is 0 Å². The summed E-state index contributed by atoms with van der Waals surface area (Å²) < 4.78 is 6.04. The first-order chi connectivity index (χ1) is 9.84. The molecular formula is C17H26N2O. The molecule has 2 aliphatic heterocycles. The molecule has 1 aromatic rings. The van der Waals surface area contributed by atoms with E-state index in [1.807, 2.05) is 0 Å². The Hall–Kier alpha value is -0.900. The Morgan fingerprint density at radius 2 is 2.15 bits per heavy atom. The van der Waals surface area contributed by atoms with E-state index in [4.69, 9.17) is 4.74 Å². The first-order valence-electron chi connectivity index (χ1n) is 7.95. The highest BCUT2D eigenvalue weighted by Gasteiger charge is 2.25. The maximum atomic E-state index is 6.04. The van der Waals surface area contributed by atoms with Crippen LogP contribution in [0.4, 0.5) is 0 Å². The second kappa shape index (κ2) is 6.70. The molecule has 3 nitrogen and oxygen atoms in total. The Bertz CT molecular complexity index is 427. The van der Waals surface area contributed by atoms with E-state index in [0.717, 1.165) is 26.1 Å². The van der Waals surface area contributed by atoms with E-state index in [1.54, 1.807) is 0 Å². The van der Waals surface area contributed by atoms with Crippen LogP contribution in [0.25, 0.3) is 0 Å².